The third-order valence-electron chi connectivity index (χ3n) is 2.88. The maximum absolute atomic E-state index is 11.7. The number of likely N-dealkylation sites (N-methyl/N-ethyl adjacent to an activating group) is 1. The molecule has 14 heavy (non-hydrogen) atoms. The molecule has 1 aliphatic rings. The van der Waals surface area contributed by atoms with Gasteiger partial charge >= 0.3 is 5.97 Å². The number of carbonyl (C=O) groups is 2. The van der Waals surface area contributed by atoms with Gasteiger partial charge < -0.3 is 15.7 Å². The summed E-state index contributed by atoms with van der Waals surface area (Å²) in [6.07, 6.45) is 1.29. The molecule has 5 heteroatoms. The Labute approximate surface area is 82.9 Å². The summed E-state index contributed by atoms with van der Waals surface area (Å²) in [7, 11) is 1.48. The highest BCUT2D eigenvalue weighted by molar-refractivity contribution is 5.93. The molecule has 1 rings (SSSR count). The summed E-state index contributed by atoms with van der Waals surface area (Å²) < 4.78 is 0. The van der Waals surface area contributed by atoms with Crippen molar-refractivity contribution in [1.82, 2.24) is 4.90 Å². The van der Waals surface area contributed by atoms with Gasteiger partial charge in [-0.3, -0.25) is 4.79 Å². The number of carboxylic acids is 1. The highest BCUT2D eigenvalue weighted by Gasteiger charge is 2.51. The monoisotopic (exact) mass is 200 g/mol. The molecule has 0 aromatic rings. The summed E-state index contributed by atoms with van der Waals surface area (Å²) in [4.78, 5) is 23.8. The van der Waals surface area contributed by atoms with Crippen molar-refractivity contribution in [1.29, 1.82) is 0 Å². The number of aliphatic carboxylic acids is 1. The fourth-order valence-corrected chi connectivity index (χ4v) is 1.08. The van der Waals surface area contributed by atoms with Gasteiger partial charge in [-0.25, -0.2) is 4.79 Å². The van der Waals surface area contributed by atoms with E-state index in [1.807, 2.05) is 0 Å². The third-order valence-corrected chi connectivity index (χ3v) is 2.88. The van der Waals surface area contributed by atoms with Gasteiger partial charge in [-0.2, -0.15) is 0 Å². The number of nitrogens with zero attached hydrogens (tertiary/aromatic N) is 1. The summed E-state index contributed by atoms with van der Waals surface area (Å²) in [6, 6.07) is 0. The molecular formula is C9H16N2O3. The number of carboxylic acid groups (broad SMARTS) is 1. The van der Waals surface area contributed by atoms with Crippen LogP contribution >= 0.6 is 0 Å². The topological polar surface area (TPSA) is 83.6 Å². The molecule has 0 radical (unpaired) electrons. The summed E-state index contributed by atoms with van der Waals surface area (Å²) in [5, 5.41) is 8.91. The first-order valence-corrected chi connectivity index (χ1v) is 4.52. The van der Waals surface area contributed by atoms with E-state index in [9.17, 15) is 9.59 Å². The molecule has 1 saturated carbocycles. The number of carbonyl (C=O) groups excluding carboxylic acids is 1. The molecule has 0 aliphatic heterocycles. The molecule has 1 aliphatic carbocycles. The quantitative estimate of drug-likeness (QED) is 0.660. The molecule has 1 amide bonds. The van der Waals surface area contributed by atoms with Crippen LogP contribution in [0.5, 0.6) is 0 Å². The second-order valence-corrected chi connectivity index (χ2v) is 4.38. The zero-order valence-electron chi connectivity index (χ0n) is 8.70. The minimum Gasteiger partial charge on any atom is -0.480 e. The average molecular weight is 200 g/mol. The van der Waals surface area contributed by atoms with E-state index in [4.69, 9.17) is 10.8 Å². The van der Waals surface area contributed by atoms with Crippen LogP contribution < -0.4 is 5.73 Å². The lowest BCUT2D eigenvalue weighted by Gasteiger charge is -2.33. The molecular weight excluding hydrogens is 184 g/mol. The summed E-state index contributed by atoms with van der Waals surface area (Å²) in [6.45, 7) is 2.97. The molecule has 0 aromatic heterocycles. The molecule has 0 bridgehead atoms. The van der Waals surface area contributed by atoms with Gasteiger partial charge in [0.2, 0.25) is 5.91 Å². The molecule has 80 valence electrons. The Bertz CT molecular complexity index is 282. The normalized spacial score (nSPS) is 18.9. The van der Waals surface area contributed by atoms with Crippen LogP contribution in [-0.4, -0.2) is 40.0 Å². The van der Waals surface area contributed by atoms with Crippen molar-refractivity contribution in [3.63, 3.8) is 0 Å². The predicted molar refractivity (Wildman–Crippen MR) is 50.6 cm³/mol. The van der Waals surface area contributed by atoms with Crippen molar-refractivity contribution in [2.45, 2.75) is 37.8 Å². The zero-order valence-corrected chi connectivity index (χ0v) is 8.70. The van der Waals surface area contributed by atoms with Crippen LogP contribution in [0.2, 0.25) is 0 Å². The second-order valence-electron chi connectivity index (χ2n) is 4.38. The Balaban J connectivity index is 2.79. The van der Waals surface area contributed by atoms with Gasteiger partial charge in [0.05, 0.1) is 5.54 Å². The van der Waals surface area contributed by atoms with Gasteiger partial charge in [0.15, 0.2) is 0 Å². The Morgan fingerprint density at radius 3 is 2.14 bits per heavy atom. The first-order valence-electron chi connectivity index (χ1n) is 4.52. The average Bonchev–Trinajstić information content (AvgIpc) is 2.82. The summed E-state index contributed by atoms with van der Waals surface area (Å²) >= 11 is 0. The lowest BCUT2D eigenvalue weighted by Crippen LogP contribution is -2.56. The van der Waals surface area contributed by atoms with E-state index in [2.05, 4.69) is 0 Å². The molecule has 0 atom stereocenters. The van der Waals surface area contributed by atoms with Crippen molar-refractivity contribution in [2.24, 2.45) is 5.73 Å². The SMILES string of the molecule is CN(C(=O)C1(N)CC1)C(C)(C)C(=O)O. The Morgan fingerprint density at radius 2 is 1.86 bits per heavy atom. The Morgan fingerprint density at radius 1 is 1.43 bits per heavy atom. The van der Waals surface area contributed by atoms with Crippen molar-refractivity contribution in [3.8, 4) is 0 Å². The van der Waals surface area contributed by atoms with Crippen LogP contribution in [0, 0.1) is 0 Å². The summed E-state index contributed by atoms with van der Waals surface area (Å²) in [5.74, 6) is -1.32. The van der Waals surface area contributed by atoms with Crippen LogP contribution in [-0.2, 0) is 9.59 Å². The molecule has 1 fully saturated rings. The number of amides is 1. The van der Waals surface area contributed by atoms with E-state index in [1.54, 1.807) is 0 Å². The third kappa shape index (κ3) is 1.59. The lowest BCUT2D eigenvalue weighted by molar-refractivity contribution is -0.156. The zero-order chi connectivity index (χ0) is 11.1. The van der Waals surface area contributed by atoms with Crippen LogP contribution in [0.25, 0.3) is 0 Å². The molecule has 0 unspecified atom stereocenters. The maximum atomic E-state index is 11.7. The minimum absolute atomic E-state index is 0.287. The van der Waals surface area contributed by atoms with Gasteiger partial charge in [0, 0.05) is 7.05 Å². The number of hydrogen-bond donors (Lipinski definition) is 2. The first kappa shape index (κ1) is 11.0. The van der Waals surface area contributed by atoms with E-state index in [0.29, 0.717) is 12.8 Å². The van der Waals surface area contributed by atoms with Crippen molar-refractivity contribution >= 4 is 11.9 Å². The van der Waals surface area contributed by atoms with E-state index < -0.39 is 17.0 Å². The molecule has 0 aromatic carbocycles. The van der Waals surface area contributed by atoms with Crippen molar-refractivity contribution in [2.75, 3.05) is 7.05 Å². The largest absolute Gasteiger partial charge is 0.480 e. The van der Waals surface area contributed by atoms with Gasteiger partial charge in [0.25, 0.3) is 0 Å². The molecule has 0 heterocycles. The number of nitrogens with two attached hydrogens (primary N) is 1. The smallest absolute Gasteiger partial charge is 0.329 e. The maximum Gasteiger partial charge on any atom is 0.329 e. The first-order chi connectivity index (χ1) is 6.22. The highest BCUT2D eigenvalue weighted by Crippen LogP contribution is 2.35. The highest BCUT2D eigenvalue weighted by atomic mass is 16.4. The number of rotatable bonds is 3. The fraction of sp³-hybridized carbons (Fsp3) is 0.778. The number of hydrogen-bond acceptors (Lipinski definition) is 3. The van der Waals surface area contributed by atoms with Gasteiger partial charge in [-0.05, 0) is 26.7 Å². The van der Waals surface area contributed by atoms with E-state index in [-0.39, 0.29) is 5.91 Å². The van der Waals surface area contributed by atoms with Crippen molar-refractivity contribution in [3.05, 3.63) is 0 Å². The minimum atomic E-state index is -1.20. The fourth-order valence-electron chi connectivity index (χ4n) is 1.08. The summed E-state index contributed by atoms with van der Waals surface area (Å²) in [5.41, 5.74) is 3.70. The molecule has 0 saturated heterocycles. The van der Waals surface area contributed by atoms with Crippen molar-refractivity contribution < 1.29 is 14.7 Å². The molecule has 3 N–H and O–H groups in total. The van der Waals surface area contributed by atoms with Crippen LogP contribution in [0.3, 0.4) is 0 Å². The Hall–Kier alpha value is -1.10. The van der Waals surface area contributed by atoms with E-state index >= 15 is 0 Å². The second kappa shape index (κ2) is 2.95. The van der Waals surface area contributed by atoms with Gasteiger partial charge in [-0.1, -0.05) is 0 Å². The lowest BCUT2D eigenvalue weighted by atomic mass is 10.0. The Kier molecular flexibility index (Phi) is 2.31. The van der Waals surface area contributed by atoms with E-state index in [1.165, 1.54) is 25.8 Å². The van der Waals surface area contributed by atoms with Gasteiger partial charge in [-0.15, -0.1) is 0 Å². The van der Waals surface area contributed by atoms with Crippen LogP contribution in [0.4, 0.5) is 0 Å². The van der Waals surface area contributed by atoms with Crippen LogP contribution in [0.15, 0.2) is 0 Å². The van der Waals surface area contributed by atoms with Gasteiger partial charge in [0.1, 0.15) is 5.54 Å². The molecule has 0 spiro atoms. The van der Waals surface area contributed by atoms with E-state index in [0.717, 1.165) is 0 Å². The predicted octanol–water partition coefficient (Wildman–Crippen LogP) is -0.201. The molecule has 5 nitrogen and oxygen atoms in total. The standard InChI is InChI=1S/C9H16N2O3/c1-8(2,7(13)14)11(3)6(12)9(10)4-5-9/h4-5,10H2,1-3H3,(H,13,14). The van der Waals surface area contributed by atoms with Crippen LogP contribution in [0.1, 0.15) is 26.7 Å².